The second-order valence-electron chi connectivity index (χ2n) is 7.52. The molecule has 0 spiro atoms. The zero-order valence-corrected chi connectivity index (χ0v) is 18.8. The van der Waals surface area contributed by atoms with Crippen molar-refractivity contribution in [1.82, 2.24) is 29.6 Å². The van der Waals surface area contributed by atoms with Crippen LogP contribution in [0.5, 0.6) is 0 Å². The molecule has 1 aliphatic heterocycles. The van der Waals surface area contributed by atoms with Gasteiger partial charge >= 0.3 is 10.2 Å². The van der Waals surface area contributed by atoms with Gasteiger partial charge in [-0.1, -0.05) is 0 Å². The van der Waals surface area contributed by atoms with E-state index in [0.29, 0.717) is 35.1 Å². The molecule has 4 rings (SSSR count). The molecule has 0 aliphatic carbocycles. The SMILES string of the molecule is CN(C)S(=O)(=O)Nc1ccc(NCCN2CCOCC2)nc1Nc1ccc2n[nH]nc2c1. The molecule has 1 saturated heterocycles. The molecule has 3 aromatic rings. The molecule has 0 atom stereocenters. The number of aromatic nitrogens is 4. The van der Waals surface area contributed by atoms with Crippen molar-refractivity contribution in [1.29, 1.82) is 0 Å². The van der Waals surface area contributed by atoms with Crippen molar-refractivity contribution in [2.45, 2.75) is 0 Å². The fourth-order valence-corrected chi connectivity index (χ4v) is 3.81. The Morgan fingerprint density at radius 2 is 1.91 bits per heavy atom. The Morgan fingerprint density at radius 3 is 2.69 bits per heavy atom. The molecule has 1 fully saturated rings. The molecule has 4 N–H and O–H groups in total. The van der Waals surface area contributed by atoms with Crippen LogP contribution in [0.15, 0.2) is 30.3 Å². The largest absolute Gasteiger partial charge is 0.379 e. The molecular formula is C19H27N9O3S. The third-order valence-electron chi connectivity index (χ3n) is 5.03. The summed E-state index contributed by atoms with van der Waals surface area (Å²) in [6.07, 6.45) is 0. The lowest BCUT2D eigenvalue weighted by Crippen LogP contribution is -2.39. The van der Waals surface area contributed by atoms with Crippen LogP contribution in [0.25, 0.3) is 11.0 Å². The van der Waals surface area contributed by atoms with Gasteiger partial charge in [0.05, 0.1) is 18.9 Å². The molecule has 2 aromatic heterocycles. The van der Waals surface area contributed by atoms with Gasteiger partial charge in [0.15, 0.2) is 5.82 Å². The Balaban J connectivity index is 1.53. The van der Waals surface area contributed by atoms with E-state index in [1.165, 1.54) is 14.1 Å². The normalized spacial score (nSPS) is 15.2. The van der Waals surface area contributed by atoms with Gasteiger partial charge in [-0.3, -0.25) is 9.62 Å². The molecule has 0 saturated carbocycles. The first kappa shape index (κ1) is 22.2. The number of benzene rings is 1. The molecule has 3 heterocycles. The summed E-state index contributed by atoms with van der Waals surface area (Å²) in [6, 6.07) is 8.88. The quantitative estimate of drug-likeness (QED) is 0.368. The number of anilines is 4. The second kappa shape index (κ2) is 9.65. The molecule has 12 nitrogen and oxygen atoms in total. The number of hydrogen-bond donors (Lipinski definition) is 4. The minimum Gasteiger partial charge on any atom is -0.379 e. The maximum Gasteiger partial charge on any atom is 0.301 e. The van der Waals surface area contributed by atoms with Gasteiger partial charge < -0.3 is 15.4 Å². The number of nitrogens with one attached hydrogen (secondary N) is 4. The summed E-state index contributed by atoms with van der Waals surface area (Å²) >= 11 is 0. The molecule has 32 heavy (non-hydrogen) atoms. The summed E-state index contributed by atoms with van der Waals surface area (Å²) in [6.45, 7) is 4.91. The minimum atomic E-state index is -3.70. The third-order valence-corrected chi connectivity index (χ3v) is 6.47. The highest BCUT2D eigenvalue weighted by Crippen LogP contribution is 2.27. The van der Waals surface area contributed by atoms with Crippen LogP contribution < -0.4 is 15.4 Å². The van der Waals surface area contributed by atoms with Crippen molar-refractivity contribution in [3.05, 3.63) is 30.3 Å². The van der Waals surface area contributed by atoms with Crippen molar-refractivity contribution < 1.29 is 13.2 Å². The summed E-state index contributed by atoms with van der Waals surface area (Å²) in [7, 11) is -0.777. The van der Waals surface area contributed by atoms with Gasteiger partial charge in [0.2, 0.25) is 0 Å². The van der Waals surface area contributed by atoms with E-state index in [9.17, 15) is 8.42 Å². The van der Waals surface area contributed by atoms with Gasteiger partial charge in [-0.25, -0.2) is 4.98 Å². The van der Waals surface area contributed by atoms with Gasteiger partial charge in [-0.05, 0) is 30.3 Å². The second-order valence-corrected chi connectivity index (χ2v) is 9.40. The fourth-order valence-electron chi connectivity index (χ4n) is 3.19. The number of aromatic amines is 1. The number of fused-ring (bicyclic) bond motifs is 1. The summed E-state index contributed by atoms with van der Waals surface area (Å²) in [5, 5.41) is 17.2. The van der Waals surface area contributed by atoms with Gasteiger partial charge in [0, 0.05) is 46.0 Å². The van der Waals surface area contributed by atoms with Gasteiger partial charge in [-0.15, -0.1) is 0 Å². The Bertz CT molecular complexity index is 1160. The Labute approximate surface area is 186 Å². The molecule has 172 valence electrons. The molecule has 0 bridgehead atoms. The van der Waals surface area contributed by atoms with Crippen LogP contribution in [-0.4, -0.2) is 91.5 Å². The summed E-state index contributed by atoms with van der Waals surface area (Å²) in [5.74, 6) is 1.01. The van der Waals surface area contributed by atoms with E-state index in [0.717, 1.165) is 42.7 Å². The highest BCUT2D eigenvalue weighted by atomic mass is 32.2. The smallest absolute Gasteiger partial charge is 0.301 e. The fraction of sp³-hybridized carbons (Fsp3) is 0.421. The van der Waals surface area contributed by atoms with Crippen molar-refractivity contribution in [3.8, 4) is 0 Å². The zero-order chi connectivity index (χ0) is 22.6. The molecule has 13 heteroatoms. The first-order valence-electron chi connectivity index (χ1n) is 10.2. The predicted molar refractivity (Wildman–Crippen MR) is 123 cm³/mol. The Kier molecular flexibility index (Phi) is 6.69. The van der Waals surface area contributed by atoms with Gasteiger partial charge in [0.25, 0.3) is 0 Å². The summed E-state index contributed by atoms with van der Waals surface area (Å²) in [4.78, 5) is 6.93. The number of H-pyrrole nitrogens is 1. The van der Waals surface area contributed by atoms with Crippen LogP contribution in [0.3, 0.4) is 0 Å². The molecule has 1 aromatic carbocycles. The van der Waals surface area contributed by atoms with Crippen LogP contribution in [0.4, 0.5) is 23.0 Å². The lowest BCUT2D eigenvalue weighted by molar-refractivity contribution is 0.0398. The standard InChI is InChI=1S/C19H27N9O3S/c1-27(2)32(29,30)25-16-5-6-18(20-7-8-28-9-11-31-12-10-28)22-19(16)21-14-3-4-15-17(13-14)24-26-23-15/h3-6,13,25H,7-12H2,1-2H3,(H2,20,21,22)(H,23,24,26). The average molecular weight is 462 g/mol. The van der Waals surface area contributed by atoms with Crippen LogP contribution in [-0.2, 0) is 14.9 Å². The summed E-state index contributed by atoms with van der Waals surface area (Å²) in [5.41, 5.74) is 2.45. The number of rotatable bonds is 9. The molecule has 1 aliphatic rings. The Hall–Kier alpha value is -3.00. The lowest BCUT2D eigenvalue weighted by Gasteiger charge is -2.26. The summed E-state index contributed by atoms with van der Waals surface area (Å²) < 4.78 is 33.8. The molecule has 0 unspecified atom stereocenters. The van der Waals surface area contributed by atoms with Crippen molar-refractivity contribution >= 4 is 44.3 Å². The molecule has 0 amide bonds. The van der Waals surface area contributed by atoms with Crippen molar-refractivity contribution in [2.75, 3.05) is 68.8 Å². The zero-order valence-electron chi connectivity index (χ0n) is 18.0. The van der Waals surface area contributed by atoms with Gasteiger partial charge in [-0.2, -0.15) is 28.1 Å². The maximum atomic E-state index is 12.4. The number of pyridine rings is 1. The monoisotopic (exact) mass is 461 g/mol. The highest BCUT2D eigenvalue weighted by Gasteiger charge is 2.17. The first-order chi connectivity index (χ1) is 15.4. The number of hydrogen-bond acceptors (Lipinski definition) is 9. The van der Waals surface area contributed by atoms with E-state index in [2.05, 4.69) is 40.7 Å². The van der Waals surface area contributed by atoms with E-state index >= 15 is 0 Å². The highest BCUT2D eigenvalue weighted by molar-refractivity contribution is 7.90. The number of morpholine rings is 1. The topological polar surface area (TPSA) is 140 Å². The van der Waals surface area contributed by atoms with E-state index < -0.39 is 10.2 Å². The lowest BCUT2D eigenvalue weighted by atomic mass is 10.2. The van der Waals surface area contributed by atoms with E-state index in [1.807, 2.05) is 18.2 Å². The maximum absolute atomic E-state index is 12.4. The minimum absolute atomic E-state index is 0.331. The average Bonchev–Trinajstić information content (AvgIpc) is 3.24. The van der Waals surface area contributed by atoms with Crippen LogP contribution in [0.1, 0.15) is 0 Å². The van der Waals surface area contributed by atoms with E-state index in [1.54, 1.807) is 12.1 Å². The molecule has 0 radical (unpaired) electrons. The number of ether oxygens (including phenoxy) is 1. The van der Waals surface area contributed by atoms with Crippen LogP contribution in [0, 0.1) is 0 Å². The van der Waals surface area contributed by atoms with E-state index in [-0.39, 0.29) is 0 Å². The van der Waals surface area contributed by atoms with Gasteiger partial charge in [0.1, 0.15) is 16.9 Å². The third kappa shape index (κ3) is 5.43. The van der Waals surface area contributed by atoms with E-state index in [4.69, 9.17) is 4.74 Å². The van der Waals surface area contributed by atoms with Crippen molar-refractivity contribution in [2.24, 2.45) is 0 Å². The van der Waals surface area contributed by atoms with Crippen LogP contribution in [0.2, 0.25) is 0 Å². The Morgan fingerprint density at radius 1 is 1.12 bits per heavy atom. The van der Waals surface area contributed by atoms with Crippen LogP contribution >= 0.6 is 0 Å². The number of nitrogens with zero attached hydrogens (tertiary/aromatic N) is 5. The predicted octanol–water partition coefficient (Wildman–Crippen LogP) is 1.06. The molecular weight excluding hydrogens is 434 g/mol. The van der Waals surface area contributed by atoms with Crippen molar-refractivity contribution in [3.63, 3.8) is 0 Å². The first-order valence-corrected chi connectivity index (χ1v) is 11.7.